The minimum absolute atomic E-state index is 0.100. The van der Waals surface area contributed by atoms with Crippen LogP contribution < -0.4 is 4.90 Å². The number of nitrogens with zero attached hydrogens (tertiary/aromatic N) is 2. The van der Waals surface area contributed by atoms with Gasteiger partial charge in [-0.05, 0) is 43.9 Å². The number of amides is 1. The zero-order chi connectivity index (χ0) is 17.3. The van der Waals surface area contributed by atoms with Crippen LogP contribution in [0.25, 0.3) is 0 Å². The molecule has 4 rings (SSSR count). The molecule has 0 aromatic heterocycles. The van der Waals surface area contributed by atoms with Crippen LogP contribution >= 0.6 is 0 Å². The fourth-order valence-corrected chi connectivity index (χ4v) is 4.25. The summed E-state index contributed by atoms with van der Waals surface area (Å²) < 4.78 is 25.3. The Balaban J connectivity index is 1.47. The van der Waals surface area contributed by atoms with Crippen molar-refractivity contribution >= 4 is 11.6 Å². The molecule has 0 aliphatic carbocycles. The summed E-state index contributed by atoms with van der Waals surface area (Å²) in [5.74, 6) is -0.125. The summed E-state index contributed by atoms with van der Waals surface area (Å²) in [6.07, 6.45) is 3.39. The quantitative estimate of drug-likeness (QED) is 0.822. The summed E-state index contributed by atoms with van der Waals surface area (Å²) in [6, 6.07) is 6.70. The number of hydrogen-bond donors (Lipinski definition) is 0. The van der Waals surface area contributed by atoms with Crippen LogP contribution in [0.15, 0.2) is 24.3 Å². The first-order chi connectivity index (χ1) is 12.2. The molecule has 25 heavy (non-hydrogen) atoms. The molecule has 0 N–H and O–H groups in total. The van der Waals surface area contributed by atoms with Gasteiger partial charge in [-0.15, -0.1) is 0 Å². The van der Waals surface area contributed by atoms with Crippen LogP contribution in [0.4, 0.5) is 10.1 Å². The third kappa shape index (κ3) is 3.51. The van der Waals surface area contributed by atoms with Gasteiger partial charge in [-0.25, -0.2) is 4.39 Å². The number of halogens is 1. The van der Waals surface area contributed by atoms with Gasteiger partial charge in [0.15, 0.2) is 0 Å². The molecule has 0 radical (unpaired) electrons. The van der Waals surface area contributed by atoms with Gasteiger partial charge >= 0.3 is 0 Å². The summed E-state index contributed by atoms with van der Waals surface area (Å²) in [7, 11) is 0. The van der Waals surface area contributed by atoms with Crippen molar-refractivity contribution in [3.63, 3.8) is 0 Å². The van der Waals surface area contributed by atoms with E-state index in [-0.39, 0.29) is 23.4 Å². The second-order valence-electron chi connectivity index (χ2n) is 7.30. The van der Waals surface area contributed by atoms with Gasteiger partial charge in [0.25, 0.3) is 5.91 Å². The highest BCUT2D eigenvalue weighted by atomic mass is 19.1. The van der Waals surface area contributed by atoms with Crippen molar-refractivity contribution in [3.8, 4) is 0 Å². The number of carbonyl (C=O) groups is 1. The highest BCUT2D eigenvalue weighted by Gasteiger charge is 2.43. The van der Waals surface area contributed by atoms with Gasteiger partial charge < -0.3 is 19.3 Å². The van der Waals surface area contributed by atoms with E-state index < -0.39 is 0 Å². The van der Waals surface area contributed by atoms with Crippen molar-refractivity contribution in [1.82, 2.24) is 4.90 Å². The third-order valence-electron chi connectivity index (χ3n) is 5.48. The first-order valence-corrected chi connectivity index (χ1v) is 9.20. The van der Waals surface area contributed by atoms with Crippen LogP contribution in [0.3, 0.4) is 0 Å². The van der Waals surface area contributed by atoms with Crippen molar-refractivity contribution in [2.75, 3.05) is 44.3 Å². The normalized spacial score (nSPS) is 30.0. The molecule has 3 aliphatic heterocycles. The van der Waals surface area contributed by atoms with Gasteiger partial charge in [-0.1, -0.05) is 6.07 Å². The van der Waals surface area contributed by atoms with Crippen LogP contribution in [-0.4, -0.2) is 61.9 Å². The Kier molecular flexibility index (Phi) is 4.65. The van der Waals surface area contributed by atoms with Crippen molar-refractivity contribution in [2.45, 2.75) is 37.4 Å². The molecule has 2 atom stereocenters. The molecule has 1 spiro atoms. The Morgan fingerprint density at radius 3 is 2.92 bits per heavy atom. The zero-order valence-electron chi connectivity index (χ0n) is 14.5. The van der Waals surface area contributed by atoms with E-state index in [1.54, 1.807) is 12.1 Å². The molecule has 1 aromatic carbocycles. The van der Waals surface area contributed by atoms with E-state index in [2.05, 4.69) is 4.90 Å². The first-order valence-electron chi connectivity index (χ1n) is 9.20. The van der Waals surface area contributed by atoms with E-state index in [4.69, 9.17) is 9.47 Å². The standard InChI is InChI=1S/C19H25FN2O3/c20-15-4-1-5-16(12-15)21-8-3-7-19(13-21)14-22(9-11-25-19)18(23)17-6-2-10-24-17/h1,4-5,12,17H,2-3,6-11,13-14H2/t17-,19?/m0/s1. The summed E-state index contributed by atoms with van der Waals surface area (Å²) in [5, 5.41) is 0. The molecule has 5 nitrogen and oxygen atoms in total. The van der Waals surface area contributed by atoms with Crippen LogP contribution in [0.1, 0.15) is 25.7 Å². The fraction of sp³-hybridized carbons (Fsp3) is 0.632. The smallest absolute Gasteiger partial charge is 0.251 e. The summed E-state index contributed by atoms with van der Waals surface area (Å²) in [6.45, 7) is 4.02. The number of ether oxygens (including phenoxy) is 2. The van der Waals surface area contributed by atoms with E-state index in [0.29, 0.717) is 32.8 Å². The Morgan fingerprint density at radius 1 is 1.20 bits per heavy atom. The van der Waals surface area contributed by atoms with Gasteiger partial charge in [0, 0.05) is 31.9 Å². The lowest BCUT2D eigenvalue weighted by Gasteiger charge is -2.48. The molecule has 3 heterocycles. The van der Waals surface area contributed by atoms with E-state index in [0.717, 1.165) is 37.9 Å². The lowest BCUT2D eigenvalue weighted by Crippen LogP contribution is -2.61. The molecule has 1 amide bonds. The highest BCUT2D eigenvalue weighted by Crippen LogP contribution is 2.32. The predicted molar refractivity (Wildman–Crippen MR) is 92.1 cm³/mol. The molecular weight excluding hydrogens is 323 g/mol. The molecule has 3 aliphatic rings. The Hall–Kier alpha value is -1.66. The maximum Gasteiger partial charge on any atom is 0.251 e. The second-order valence-corrected chi connectivity index (χ2v) is 7.30. The lowest BCUT2D eigenvalue weighted by atomic mass is 9.90. The topological polar surface area (TPSA) is 42.0 Å². The summed E-state index contributed by atoms with van der Waals surface area (Å²) in [5.41, 5.74) is 0.516. The predicted octanol–water partition coefficient (Wildman–Crippen LogP) is 2.20. The largest absolute Gasteiger partial charge is 0.369 e. The first kappa shape index (κ1) is 16.8. The van der Waals surface area contributed by atoms with Gasteiger partial charge in [0.05, 0.1) is 13.2 Å². The van der Waals surface area contributed by atoms with Crippen LogP contribution in [0.5, 0.6) is 0 Å². The Bertz CT molecular complexity index is 631. The summed E-state index contributed by atoms with van der Waals surface area (Å²) in [4.78, 5) is 16.8. The average molecular weight is 348 g/mol. The Morgan fingerprint density at radius 2 is 2.12 bits per heavy atom. The molecular formula is C19H25FN2O3. The zero-order valence-corrected chi connectivity index (χ0v) is 14.5. The van der Waals surface area contributed by atoms with E-state index in [1.165, 1.54) is 6.07 Å². The van der Waals surface area contributed by atoms with Gasteiger partial charge in [0.1, 0.15) is 17.5 Å². The molecule has 1 aromatic rings. The van der Waals surface area contributed by atoms with Crippen molar-refractivity contribution in [2.24, 2.45) is 0 Å². The van der Waals surface area contributed by atoms with Crippen LogP contribution in [-0.2, 0) is 14.3 Å². The van der Waals surface area contributed by atoms with E-state index in [1.807, 2.05) is 11.0 Å². The van der Waals surface area contributed by atoms with Crippen molar-refractivity contribution in [1.29, 1.82) is 0 Å². The highest BCUT2D eigenvalue weighted by molar-refractivity contribution is 5.81. The van der Waals surface area contributed by atoms with E-state index in [9.17, 15) is 9.18 Å². The monoisotopic (exact) mass is 348 g/mol. The maximum atomic E-state index is 13.6. The number of piperidine rings is 1. The molecule has 3 saturated heterocycles. The molecule has 136 valence electrons. The van der Waals surface area contributed by atoms with Gasteiger partial charge in [-0.2, -0.15) is 0 Å². The fourth-order valence-electron chi connectivity index (χ4n) is 4.25. The third-order valence-corrected chi connectivity index (χ3v) is 5.48. The van der Waals surface area contributed by atoms with Crippen LogP contribution in [0.2, 0.25) is 0 Å². The SMILES string of the molecule is O=C([C@@H]1CCCO1)N1CCOC2(CCCN(c3cccc(F)c3)C2)C1. The lowest BCUT2D eigenvalue weighted by molar-refractivity contribution is -0.160. The number of carbonyl (C=O) groups excluding carboxylic acids is 1. The van der Waals surface area contributed by atoms with Crippen molar-refractivity contribution in [3.05, 3.63) is 30.1 Å². The average Bonchev–Trinajstić information content (AvgIpc) is 3.16. The number of rotatable bonds is 2. The number of morpholine rings is 1. The van der Waals surface area contributed by atoms with Crippen LogP contribution in [0, 0.1) is 5.82 Å². The van der Waals surface area contributed by atoms with Gasteiger partial charge in [0.2, 0.25) is 0 Å². The molecule has 0 bridgehead atoms. The molecule has 3 fully saturated rings. The van der Waals surface area contributed by atoms with Crippen molar-refractivity contribution < 1.29 is 18.7 Å². The molecule has 6 heteroatoms. The number of hydrogen-bond acceptors (Lipinski definition) is 4. The molecule has 0 saturated carbocycles. The maximum absolute atomic E-state index is 13.6. The van der Waals surface area contributed by atoms with E-state index >= 15 is 0 Å². The minimum atomic E-state index is -0.364. The summed E-state index contributed by atoms with van der Waals surface area (Å²) >= 11 is 0. The minimum Gasteiger partial charge on any atom is -0.369 e. The Labute approximate surface area is 147 Å². The number of benzene rings is 1. The van der Waals surface area contributed by atoms with Gasteiger partial charge in [-0.3, -0.25) is 4.79 Å². The number of anilines is 1. The molecule has 1 unspecified atom stereocenters. The second kappa shape index (κ2) is 6.92.